The number of para-hydroxylation sites is 1. The molecule has 0 saturated heterocycles. The molecule has 1 unspecified atom stereocenters. The summed E-state index contributed by atoms with van der Waals surface area (Å²) in [5, 5.41) is 10.2. The maximum absolute atomic E-state index is 12.8. The summed E-state index contributed by atoms with van der Waals surface area (Å²) in [5.74, 6) is 1.40. The number of H-pyrrole nitrogens is 2. The van der Waals surface area contributed by atoms with Gasteiger partial charge in [-0.3, -0.25) is 9.89 Å². The normalized spacial score (nSPS) is 16.4. The van der Waals surface area contributed by atoms with Gasteiger partial charge in [0, 0.05) is 30.0 Å². The molecule has 1 aliphatic rings. The minimum Gasteiger partial charge on any atom is -0.348 e. The molecule has 1 aliphatic carbocycles. The van der Waals surface area contributed by atoms with Gasteiger partial charge in [0.2, 0.25) is 5.91 Å². The molecule has 25 heavy (non-hydrogen) atoms. The molecule has 0 aliphatic heterocycles. The lowest BCUT2D eigenvalue weighted by Gasteiger charge is -2.21. The van der Waals surface area contributed by atoms with E-state index in [1.54, 1.807) is 6.33 Å². The van der Waals surface area contributed by atoms with Crippen LogP contribution in [0.5, 0.6) is 0 Å². The first-order valence-corrected chi connectivity index (χ1v) is 8.57. The van der Waals surface area contributed by atoms with E-state index in [2.05, 4.69) is 30.5 Å². The zero-order chi connectivity index (χ0) is 17.2. The van der Waals surface area contributed by atoms with Crippen LogP contribution >= 0.6 is 0 Å². The van der Waals surface area contributed by atoms with Crippen LogP contribution in [0.4, 0.5) is 5.69 Å². The molecule has 0 spiro atoms. The Balaban J connectivity index is 1.54. The summed E-state index contributed by atoms with van der Waals surface area (Å²) in [7, 11) is 0. The zero-order valence-corrected chi connectivity index (χ0v) is 14.0. The van der Waals surface area contributed by atoms with Crippen molar-refractivity contribution in [1.82, 2.24) is 25.1 Å². The molecule has 3 N–H and O–H groups in total. The summed E-state index contributed by atoms with van der Waals surface area (Å²) >= 11 is 0. The van der Waals surface area contributed by atoms with Gasteiger partial charge in [0.25, 0.3) is 0 Å². The number of nitrogens with one attached hydrogen (secondary N) is 3. The number of hydrogen-bond donors (Lipinski definition) is 3. The van der Waals surface area contributed by atoms with Gasteiger partial charge in [-0.15, -0.1) is 0 Å². The fourth-order valence-electron chi connectivity index (χ4n) is 3.22. The van der Waals surface area contributed by atoms with Crippen LogP contribution in [0.15, 0.2) is 30.6 Å². The largest absolute Gasteiger partial charge is 0.348 e. The number of fused-ring (bicyclic) bond motifs is 1. The van der Waals surface area contributed by atoms with Crippen molar-refractivity contribution < 1.29 is 4.79 Å². The SMILES string of the molecule is CCc1nc(-c2ccccc2NC(=O)C2CCc3nc[nH]c3C2)n[nH]1. The summed E-state index contributed by atoms with van der Waals surface area (Å²) < 4.78 is 0. The Morgan fingerprint density at radius 1 is 1.36 bits per heavy atom. The first-order valence-electron chi connectivity index (χ1n) is 8.57. The molecule has 1 amide bonds. The van der Waals surface area contributed by atoms with E-state index in [9.17, 15) is 4.79 Å². The van der Waals surface area contributed by atoms with Gasteiger partial charge in [-0.25, -0.2) is 9.97 Å². The number of rotatable bonds is 4. The van der Waals surface area contributed by atoms with Crippen LogP contribution in [-0.4, -0.2) is 31.1 Å². The molecule has 4 rings (SSSR count). The second-order valence-corrected chi connectivity index (χ2v) is 6.26. The number of imidazole rings is 1. The molecule has 2 heterocycles. The van der Waals surface area contributed by atoms with Crippen molar-refractivity contribution in [3.05, 3.63) is 47.8 Å². The van der Waals surface area contributed by atoms with Crippen molar-refractivity contribution >= 4 is 11.6 Å². The molecule has 7 heteroatoms. The predicted molar refractivity (Wildman–Crippen MR) is 93.9 cm³/mol. The number of aryl methyl sites for hydroxylation is 2. The molecule has 3 aromatic rings. The van der Waals surface area contributed by atoms with Crippen LogP contribution in [0.2, 0.25) is 0 Å². The Bertz CT molecular complexity index is 896. The van der Waals surface area contributed by atoms with Crippen molar-refractivity contribution in [2.75, 3.05) is 5.32 Å². The Labute approximate surface area is 145 Å². The van der Waals surface area contributed by atoms with E-state index in [1.165, 1.54) is 0 Å². The second kappa shape index (κ2) is 6.51. The number of hydrogen-bond acceptors (Lipinski definition) is 4. The van der Waals surface area contributed by atoms with E-state index in [0.717, 1.165) is 47.7 Å². The molecular weight excluding hydrogens is 316 g/mol. The van der Waals surface area contributed by atoms with Crippen molar-refractivity contribution in [3.63, 3.8) is 0 Å². The third-order valence-corrected chi connectivity index (χ3v) is 4.65. The summed E-state index contributed by atoms with van der Waals surface area (Å²) in [4.78, 5) is 24.7. The van der Waals surface area contributed by atoms with E-state index in [4.69, 9.17) is 0 Å². The number of amides is 1. The highest BCUT2D eigenvalue weighted by Gasteiger charge is 2.26. The van der Waals surface area contributed by atoms with Crippen LogP contribution in [-0.2, 0) is 24.1 Å². The monoisotopic (exact) mass is 336 g/mol. The molecule has 0 radical (unpaired) electrons. The van der Waals surface area contributed by atoms with Gasteiger partial charge in [0.1, 0.15) is 5.82 Å². The zero-order valence-electron chi connectivity index (χ0n) is 14.0. The van der Waals surface area contributed by atoms with Crippen molar-refractivity contribution in [1.29, 1.82) is 0 Å². The van der Waals surface area contributed by atoms with Crippen LogP contribution in [0.25, 0.3) is 11.4 Å². The molecule has 7 nitrogen and oxygen atoms in total. The average molecular weight is 336 g/mol. The van der Waals surface area contributed by atoms with Gasteiger partial charge < -0.3 is 10.3 Å². The van der Waals surface area contributed by atoms with Crippen molar-refractivity contribution in [2.45, 2.75) is 32.6 Å². The quantitative estimate of drug-likeness (QED) is 0.681. The van der Waals surface area contributed by atoms with E-state index in [1.807, 2.05) is 31.2 Å². The molecule has 0 bridgehead atoms. The standard InChI is InChI=1S/C18H20N6O/c1-2-16-22-17(24-23-16)12-5-3-4-6-13(12)21-18(25)11-7-8-14-15(9-11)20-10-19-14/h3-6,10-11H,2,7-9H2,1H3,(H,19,20)(H,21,25)(H,22,23,24). The van der Waals surface area contributed by atoms with Crippen LogP contribution < -0.4 is 5.32 Å². The van der Waals surface area contributed by atoms with E-state index >= 15 is 0 Å². The van der Waals surface area contributed by atoms with Crippen LogP contribution in [0.1, 0.15) is 30.6 Å². The van der Waals surface area contributed by atoms with E-state index in [0.29, 0.717) is 12.2 Å². The highest BCUT2D eigenvalue weighted by Crippen LogP contribution is 2.28. The fourth-order valence-corrected chi connectivity index (χ4v) is 3.22. The Morgan fingerprint density at radius 3 is 3.08 bits per heavy atom. The van der Waals surface area contributed by atoms with E-state index in [-0.39, 0.29) is 11.8 Å². The number of carbonyl (C=O) groups is 1. The van der Waals surface area contributed by atoms with Crippen molar-refractivity contribution in [2.24, 2.45) is 5.92 Å². The van der Waals surface area contributed by atoms with Gasteiger partial charge in [0.15, 0.2) is 5.82 Å². The molecule has 0 saturated carbocycles. The number of carbonyl (C=O) groups excluding carboxylic acids is 1. The highest BCUT2D eigenvalue weighted by molar-refractivity contribution is 5.96. The van der Waals surface area contributed by atoms with Gasteiger partial charge in [-0.1, -0.05) is 19.1 Å². The molecule has 0 fully saturated rings. The van der Waals surface area contributed by atoms with E-state index < -0.39 is 0 Å². The lowest BCUT2D eigenvalue weighted by atomic mass is 9.89. The third kappa shape index (κ3) is 3.05. The minimum absolute atomic E-state index is 0.0268. The molecule has 128 valence electrons. The number of aromatic nitrogens is 5. The summed E-state index contributed by atoms with van der Waals surface area (Å²) in [5.41, 5.74) is 3.72. The lowest BCUT2D eigenvalue weighted by molar-refractivity contribution is -0.120. The van der Waals surface area contributed by atoms with Gasteiger partial charge >= 0.3 is 0 Å². The summed E-state index contributed by atoms with van der Waals surface area (Å²) in [6, 6.07) is 7.64. The van der Waals surface area contributed by atoms with Crippen LogP contribution in [0, 0.1) is 5.92 Å². The minimum atomic E-state index is -0.0562. The third-order valence-electron chi connectivity index (χ3n) is 4.65. The second-order valence-electron chi connectivity index (χ2n) is 6.26. The predicted octanol–water partition coefficient (Wildman–Crippen LogP) is 2.50. The Kier molecular flexibility index (Phi) is 4.05. The molecular formula is C18H20N6O. The highest BCUT2D eigenvalue weighted by atomic mass is 16.1. The smallest absolute Gasteiger partial charge is 0.227 e. The summed E-state index contributed by atoms with van der Waals surface area (Å²) in [6.07, 6.45) is 4.83. The molecule has 2 aromatic heterocycles. The Hall–Kier alpha value is -2.96. The number of aromatic amines is 2. The van der Waals surface area contributed by atoms with Gasteiger partial charge in [-0.2, -0.15) is 5.10 Å². The van der Waals surface area contributed by atoms with Crippen LogP contribution in [0.3, 0.4) is 0 Å². The van der Waals surface area contributed by atoms with Crippen molar-refractivity contribution in [3.8, 4) is 11.4 Å². The Morgan fingerprint density at radius 2 is 2.24 bits per heavy atom. The first-order chi connectivity index (χ1) is 12.2. The fraction of sp³-hybridized carbons (Fsp3) is 0.333. The maximum atomic E-state index is 12.8. The molecule has 1 aromatic carbocycles. The molecule has 1 atom stereocenters. The maximum Gasteiger partial charge on any atom is 0.227 e. The lowest BCUT2D eigenvalue weighted by Crippen LogP contribution is -2.28. The first kappa shape index (κ1) is 15.6. The number of nitrogens with zero attached hydrogens (tertiary/aromatic N) is 3. The van der Waals surface area contributed by atoms with Gasteiger partial charge in [-0.05, 0) is 25.0 Å². The number of anilines is 1. The average Bonchev–Trinajstić information content (AvgIpc) is 3.30. The van der Waals surface area contributed by atoms with Gasteiger partial charge in [0.05, 0.1) is 17.7 Å². The number of benzene rings is 1. The topological polar surface area (TPSA) is 99.3 Å². The summed E-state index contributed by atoms with van der Waals surface area (Å²) in [6.45, 7) is 2.02.